The molecule has 0 atom stereocenters. The number of anilines is 1. The molecule has 160 valence electrons. The van der Waals surface area contributed by atoms with Gasteiger partial charge in [0.2, 0.25) is 0 Å². The number of benzene rings is 1. The van der Waals surface area contributed by atoms with E-state index in [4.69, 9.17) is 4.98 Å². The molecule has 5 nitrogen and oxygen atoms in total. The Kier molecular flexibility index (Phi) is 5.17. The standard InChI is InChI=1S/C23H22F2N4OS/c1-2-12-28(23-26-18-7-3-4-9-20(18)31-23)22(30)21-15-6-5-8-19(15)29(27-21)14-10-11-16(24)17(25)13-14/h2,10-11,13H,1,3-9,12H2. The maximum Gasteiger partial charge on any atom is 0.281 e. The molecule has 0 saturated heterocycles. The fourth-order valence-corrected chi connectivity index (χ4v) is 5.55. The van der Waals surface area contributed by atoms with Crippen molar-refractivity contribution in [2.75, 3.05) is 11.4 Å². The number of rotatable bonds is 5. The minimum atomic E-state index is -0.936. The molecule has 0 spiro atoms. The molecular formula is C23H22F2N4OS. The lowest BCUT2D eigenvalue weighted by Crippen LogP contribution is -2.32. The van der Waals surface area contributed by atoms with Crippen molar-refractivity contribution < 1.29 is 13.6 Å². The highest BCUT2D eigenvalue weighted by molar-refractivity contribution is 7.16. The molecule has 0 aliphatic heterocycles. The number of carbonyl (C=O) groups is 1. The Balaban J connectivity index is 1.55. The lowest BCUT2D eigenvalue weighted by Gasteiger charge is -2.17. The van der Waals surface area contributed by atoms with Gasteiger partial charge in [0.1, 0.15) is 0 Å². The Hall–Kier alpha value is -2.87. The highest BCUT2D eigenvalue weighted by Crippen LogP contribution is 2.34. The molecule has 2 aliphatic rings. The van der Waals surface area contributed by atoms with Gasteiger partial charge in [-0.1, -0.05) is 6.08 Å². The van der Waals surface area contributed by atoms with Crippen molar-refractivity contribution in [3.63, 3.8) is 0 Å². The third kappa shape index (κ3) is 3.48. The first-order valence-corrected chi connectivity index (χ1v) is 11.4. The van der Waals surface area contributed by atoms with E-state index in [-0.39, 0.29) is 5.91 Å². The number of fused-ring (bicyclic) bond motifs is 2. The zero-order valence-electron chi connectivity index (χ0n) is 17.0. The third-order valence-corrected chi connectivity index (χ3v) is 7.08. The number of hydrogen-bond acceptors (Lipinski definition) is 4. The molecule has 2 aromatic heterocycles. The van der Waals surface area contributed by atoms with E-state index in [1.54, 1.807) is 27.0 Å². The minimum Gasteiger partial charge on any atom is -0.279 e. The van der Waals surface area contributed by atoms with E-state index in [0.717, 1.165) is 74.0 Å². The molecule has 0 bridgehead atoms. The van der Waals surface area contributed by atoms with E-state index in [0.29, 0.717) is 23.1 Å². The number of aromatic nitrogens is 3. The van der Waals surface area contributed by atoms with Crippen molar-refractivity contribution in [3.05, 3.63) is 70.0 Å². The zero-order valence-corrected chi connectivity index (χ0v) is 17.9. The highest BCUT2D eigenvalue weighted by Gasteiger charge is 2.31. The fourth-order valence-electron chi connectivity index (χ4n) is 4.40. The molecule has 2 heterocycles. The summed E-state index contributed by atoms with van der Waals surface area (Å²) in [7, 11) is 0. The zero-order chi connectivity index (χ0) is 21.5. The molecule has 0 unspecified atom stereocenters. The maximum atomic E-state index is 13.8. The molecule has 0 radical (unpaired) electrons. The van der Waals surface area contributed by atoms with Crippen LogP contribution in [-0.4, -0.2) is 27.2 Å². The topological polar surface area (TPSA) is 51.0 Å². The maximum absolute atomic E-state index is 13.8. The van der Waals surface area contributed by atoms with Crippen LogP contribution in [0.5, 0.6) is 0 Å². The van der Waals surface area contributed by atoms with Gasteiger partial charge in [0.15, 0.2) is 22.5 Å². The lowest BCUT2D eigenvalue weighted by molar-refractivity contribution is 0.0983. The van der Waals surface area contributed by atoms with Crippen LogP contribution in [0.15, 0.2) is 30.9 Å². The van der Waals surface area contributed by atoms with Gasteiger partial charge in [-0.05, 0) is 57.1 Å². The summed E-state index contributed by atoms with van der Waals surface area (Å²) in [5, 5.41) is 5.23. The number of carbonyl (C=O) groups excluding carboxylic acids is 1. The van der Waals surface area contributed by atoms with E-state index in [1.807, 2.05) is 0 Å². The van der Waals surface area contributed by atoms with Crippen LogP contribution in [0.2, 0.25) is 0 Å². The van der Waals surface area contributed by atoms with E-state index in [9.17, 15) is 13.6 Å². The molecule has 1 amide bonds. The van der Waals surface area contributed by atoms with Gasteiger partial charge < -0.3 is 0 Å². The Labute approximate surface area is 183 Å². The first-order chi connectivity index (χ1) is 15.1. The largest absolute Gasteiger partial charge is 0.281 e. The number of thiazole rings is 1. The summed E-state index contributed by atoms with van der Waals surface area (Å²) >= 11 is 1.57. The van der Waals surface area contributed by atoms with Gasteiger partial charge in [-0.25, -0.2) is 18.4 Å². The Morgan fingerprint density at radius 1 is 1.16 bits per heavy atom. The van der Waals surface area contributed by atoms with E-state index in [2.05, 4.69) is 11.7 Å². The summed E-state index contributed by atoms with van der Waals surface area (Å²) in [6.07, 6.45) is 8.27. The van der Waals surface area contributed by atoms with Crippen molar-refractivity contribution in [3.8, 4) is 5.69 Å². The Bertz CT molecular complexity index is 1160. The van der Waals surface area contributed by atoms with Crippen LogP contribution in [-0.2, 0) is 25.7 Å². The molecule has 8 heteroatoms. The van der Waals surface area contributed by atoms with Gasteiger partial charge in [-0.15, -0.1) is 17.9 Å². The van der Waals surface area contributed by atoms with Crippen molar-refractivity contribution in [1.29, 1.82) is 0 Å². The molecule has 0 saturated carbocycles. The van der Waals surface area contributed by atoms with Crippen molar-refractivity contribution >= 4 is 22.4 Å². The van der Waals surface area contributed by atoms with E-state index >= 15 is 0 Å². The normalized spacial score (nSPS) is 14.9. The summed E-state index contributed by atoms with van der Waals surface area (Å²) < 4.78 is 28.8. The predicted octanol–water partition coefficient (Wildman–Crippen LogP) is 4.81. The summed E-state index contributed by atoms with van der Waals surface area (Å²) in [5.41, 5.74) is 3.62. The minimum absolute atomic E-state index is 0.231. The van der Waals surface area contributed by atoms with Crippen LogP contribution in [0.1, 0.15) is 51.6 Å². The van der Waals surface area contributed by atoms with Gasteiger partial charge in [0.05, 0.1) is 11.4 Å². The molecule has 5 rings (SSSR count). The SMILES string of the molecule is C=CCN(C(=O)c1nn(-c2ccc(F)c(F)c2)c2c1CCC2)c1nc2c(s1)CCCC2. The van der Waals surface area contributed by atoms with Crippen LogP contribution in [0.25, 0.3) is 5.69 Å². The van der Waals surface area contributed by atoms with Crippen molar-refractivity contribution in [2.45, 2.75) is 44.9 Å². The number of halogens is 2. The van der Waals surface area contributed by atoms with Crippen LogP contribution >= 0.6 is 11.3 Å². The average Bonchev–Trinajstić information content (AvgIpc) is 3.48. The second kappa shape index (κ2) is 8.00. The van der Waals surface area contributed by atoms with E-state index in [1.165, 1.54) is 10.9 Å². The first-order valence-electron chi connectivity index (χ1n) is 10.5. The first kappa shape index (κ1) is 20.1. The Morgan fingerprint density at radius 3 is 2.77 bits per heavy atom. The van der Waals surface area contributed by atoms with Crippen LogP contribution < -0.4 is 4.90 Å². The monoisotopic (exact) mass is 440 g/mol. The second-order valence-corrected chi connectivity index (χ2v) is 8.98. The predicted molar refractivity (Wildman–Crippen MR) is 116 cm³/mol. The summed E-state index contributed by atoms with van der Waals surface area (Å²) in [4.78, 5) is 21.2. The lowest BCUT2D eigenvalue weighted by atomic mass is 10.0. The molecule has 2 aliphatic carbocycles. The fraction of sp³-hybridized carbons (Fsp3) is 0.348. The Morgan fingerprint density at radius 2 is 2.00 bits per heavy atom. The summed E-state index contributed by atoms with van der Waals surface area (Å²) in [6.45, 7) is 4.14. The van der Waals surface area contributed by atoms with Gasteiger partial charge in [0.25, 0.3) is 5.91 Å². The molecule has 0 N–H and O–H groups in total. The number of nitrogens with zero attached hydrogens (tertiary/aromatic N) is 4. The highest BCUT2D eigenvalue weighted by atomic mass is 32.1. The van der Waals surface area contributed by atoms with Gasteiger partial charge in [0, 0.05) is 28.7 Å². The van der Waals surface area contributed by atoms with Crippen molar-refractivity contribution in [1.82, 2.24) is 14.8 Å². The molecule has 31 heavy (non-hydrogen) atoms. The molecule has 3 aromatic rings. The summed E-state index contributed by atoms with van der Waals surface area (Å²) in [5.74, 6) is -2.08. The quantitative estimate of drug-likeness (QED) is 0.535. The average molecular weight is 441 g/mol. The molecule has 0 fully saturated rings. The van der Waals surface area contributed by atoms with Gasteiger partial charge >= 0.3 is 0 Å². The summed E-state index contributed by atoms with van der Waals surface area (Å²) in [6, 6.07) is 3.68. The van der Waals surface area contributed by atoms with Gasteiger partial charge in [-0.2, -0.15) is 5.10 Å². The third-order valence-electron chi connectivity index (χ3n) is 5.90. The van der Waals surface area contributed by atoms with Crippen LogP contribution in [0.4, 0.5) is 13.9 Å². The number of amides is 1. The smallest absolute Gasteiger partial charge is 0.279 e. The number of aryl methyl sites for hydroxylation is 2. The van der Waals surface area contributed by atoms with Crippen molar-refractivity contribution in [2.24, 2.45) is 0 Å². The number of hydrogen-bond donors (Lipinski definition) is 0. The molecule has 1 aromatic carbocycles. The van der Waals surface area contributed by atoms with Gasteiger partial charge in [-0.3, -0.25) is 9.69 Å². The van der Waals surface area contributed by atoms with Crippen LogP contribution in [0, 0.1) is 11.6 Å². The van der Waals surface area contributed by atoms with E-state index < -0.39 is 11.6 Å². The second-order valence-electron chi connectivity index (χ2n) is 7.92. The van der Waals surface area contributed by atoms with Crippen LogP contribution in [0.3, 0.4) is 0 Å². The molecular weight excluding hydrogens is 418 g/mol.